The molecule has 4 heteroatoms. The Kier molecular flexibility index (Phi) is 2.30. The van der Waals surface area contributed by atoms with Gasteiger partial charge in [0.15, 0.2) is 0 Å². The molecule has 0 spiro atoms. The lowest BCUT2D eigenvalue weighted by Gasteiger charge is -1.97. The maximum Gasteiger partial charge on any atom is 0.0683 e. The van der Waals surface area contributed by atoms with Gasteiger partial charge in [-0.15, -0.1) is 4.94 Å². The Labute approximate surface area is 58.1 Å². The van der Waals surface area contributed by atoms with Gasteiger partial charge in [-0.2, -0.15) is 0 Å². The van der Waals surface area contributed by atoms with Crippen LogP contribution in [0.25, 0.3) is 0 Å². The number of anilines is 1. The number of halogens is 1. The van der Waals surface area contributed by atoms with Gasteiger partial charge < -0.3 is 5.43 Å². The molecular formula is C5H6ClN3. The number of rotatable bonds is 2. The summed E-state index contributed by atoms with van der Waals surface area (Å²) in [6.07, 6.45) is 3.36. The number of hydrogen-bond acceptors (Lipinski definition) is 3. The molecule has 9 heavy (non-hydrogen) atoms. The van der Waals surface area contributed by atoms with Crippen molar-refractivity contribution in [3.05, 3.63) is 24.5 Å². The van der Waals surface area contributed by atoms with Crippen LogP contribution in [0.15, 0.2) is 24.5 Å². The van der Waals surface area contributed by atoms with Crippen molar-refractivity contribution in [2.24, 2.45) is 0 Å². The molecule has 0 atom stereocenters. The maximum atomic E-state index is 5.15. The van der Waals surface area contributed by atoms with Crippen molar-refractivity contribution in [2.45, 2.75) is 0 Å². The molecule has 2 N–H and O–H groups in total. The second-order valence-electron chi connectivity index (χ2n) is 1.46. The molecule has 0 saturated heterocycles. The third-order valence-corrected chi connectivity index (χ3v) is 0.948. The van der Waals surface area contributed by atoms with E-state index in [1.807, 2.05) is 12.1 Å². The van der Waals surface area contributed by atoms with E-state index >= 15 is 0 Å². The lowest BCUT2D eigenvalue weighted by atomic mass is 10.4. The normalized spacial score (nSPS) is 9.00. The van der Waals surface area contributed by atoms with Gasteiger partial charge in [0.05, 0.1) is 11.9 Å². The molecule has 0 saturated carbocycles. The topological polar surface area (TPSA) is 37.0 Å². The fourth-order valence-electron chi connectivity index (χ4n) is 0.491. The summed E-state index contributed by atoms with van der Waals surface area (Å²) in [7, 11) is 0. The van der Waals surface area contributed by atoms with E-state index in [0.717, 1.165) is 5.69 Å². The zero-order chi connectivity index (χ0) is 6.53. The summed E-state index contributed by atoms with van der Waals surface area (Å²) >= 11 is 5.15. The Bertz CT molecular complexity index is 165. The molecule has 0 aliphatic carbocycles. The summed E-state index contributed by atoms with van der Waals surface area (Å²) in [5.74, 6) is 0. The molecule has 1 aromatic rings. The second-order valence-corrected chi connectivity index (χ2v) is 1.65. The Balaban J connectivity index is 2.61. The van der Waals surface area contributed by atoms with E-state index in [9.17, 15) is 0 Å². The average Bonchev–Trinajstić information content (AvgIpc) is 1.91. The first-order valence-corrected chi connectivity index (χ1v) is 2.83. The van der Waals surface area contributed by atoms with Gasteiger partial charge in [-0.25, -0.2) is 0 Å². The van der Waals surface area contributed by atoms with Gasteiger partial charge in [0.25, 0.3) is 0 Å². The van der Waals surface area contributed by atoms with Gasteiger partial charge >= 0.3 is 0 Å². The minimum absolute atomic E-state index is 0.840. The molecule has 1 aromatic heterocycles. The first kappa shape index (κ1) is 6.32. The van der Waals surface area contributed by atoms with Crippen LogP contribution in [0.2, 0.25) is 0 Å². The van der Waals surface area contributed by atoms with E-state index in [-0.39, 0.29) is 0 Å². The van der Waals surface area contributed by atoms with Crippen LogP contribution >= 0.6 is 11.8 Å². The number of hydrogen-bond donors (Lipinski definition) is 2. The van der Waals surface area contributed by atoms with Crippen LogP contribution in [-0.2, 0) is 0 Å². The molecule has 0 aliphatic rings. The fraction of sp³-hybridized carbons (Fsp3) is 0. The Morgan fingerprint density at radius 2 is 2.44 bits per heavy atom. The molecule has 3 nitrogen and oxygen atoms in total. The van der Waals surface area contributed by atoms with E-state index in [1.165, 1.54) is 0 Å². The maximum absolute atomic E-state index is 5.15. The average molecular weight is 144 g/mol. The van der Waals surface area contributed by atoms with E-state index in [4.69, 9.17) is 11.8 Å². The van der Waals surface area contributed by atoms with Crippen molar-refractivity contribution in [3.8, 4) is 0 Å². The molecule has 1 heterocycles. The highest BCUT2D eigenvalue weighted by Gasteiger charge is 1.83. The Morgan fingerprint density at radius 3 is 3.00 bits per heavy atom. The van der Waals surface area contributed by atoms with Crippen molar-refractivity contribution in [2.75, 3.05) is 5.43 Å². The van der Waals surface area contributed by atoms with Crippen LogP contribution in [0.5, 0.6) is 0 Å². The fourth-order valence-corrected chi connectivity index (χ4v) is 0.600. The summed E-state index contributed by atoms with van der Waals surface area (Å²) < 4.78 is 0. The minimum Gasteiger partial charge on any atom is -0.306 e. The highest BCUT2D eigenvalue weighted by molar-refractivity contribution is 6.13. The van der Waals surface area contributed by atoms with E-state index in [2.05, 4.69) is 15.4 Å². The third-order valence-electron chi connectivity index (χ3n) is 0.853. The first-order valence-electron chi connectivity index (χ1n) is 2.45. The number of pyridine rings is 1. The molecule has 0 amide bonds. The molecule has 48 valence electrons. The lowest BCUT2D eigenvalue weighted by Crippen LogP contribution is -2.08. The quantitative estimate of drug-likeness (QED) is 0.482. The second kappa shape index (κ2) is 3.27. The van der Waals surface area contributed by atoms with Crippen LogP contribution in [0.3, 0.4) is 0 Å². The molecule has 0 unspecified atom stereocenters. The van der Waals surface area contributed by atoms with Crippen molar-refractivity contribution in [1.82, 2.24) is 9.93 Å². The standard InChI is InChI=1S/C5H6ClN3/c6-9-8-5-2-1-3-7-4-5/h1-4,8-9H. The molecule has 0 radical (unpaired) electrons. The van der Waals surface area contributed by atoms with Crippen LogP contribution < -0.4 is 10.4 Å². The van der Waals surface area contributed by atoms with Gasteiger partial charge in [-0.3, -0.25) is 4.98 Å². The number of nitrogens with zero attached hydrogens (tertiary/aromatic N) is 1. The van der Waals surface area contributed by atoms with Crippen molar-refractivity contribution >= 4 is 17.5 Å². The van der Waals surface area contributed by atoms with Gasteiger partial charge in [0, 0.05) is 6.20 Å². The van der Waals surface area contributed by atoms with Crippen LogP contribution in [-0.4, -0.2) is 4.98 Å². The largest absolute Gasteiger partial charge is 0.306 e. The minimum atomic E-state index is 0.840. The SMILES string of the molecule is ClNNc1cccnc1. The Hall–Kier alpha value is -0.800. The first-order chi connectivity index (χ1) is 4.43. The van der Waals surface area contributed by atoms with E-state index < -0.39 is 0 Å². The van der Waals surface area contributed by atoms with Crippen LogP contribution in [0, 0.1) is 0 Å². The zero-order valence-corrected chi connectivity index (χ0v) is 5.39. The monoisotopic (exact) mass is 143 g/mol. The molecule has 1 rings (SSSR count). The smallest absolute Gasteiger partial charge is 0.0683 e. The van der Waals surface area contributed by atoms with Crippen molar-refractivity contribution < 1.29 is 0 Å². The van der Waals surface area contributed by atoms with Crippen LogP contribution in [0.4, 0.5) is 5.69 Å². The van der Waals surface area contributed by atoms with Gasteiger partial charge in [0.1, 0.15) is 0 Å². The van der Waals surface area contributed by atoms with Crippen molar-refractivity contribution in [3.63, 3.8) is 0 Å². The lowest BCUT2D eigenvalue weighted by molar-refractivity contribution is 1.18. The van der Waals surface area contributed by atoms with Crippen LogP contribution in [0.1, 0.15) is 0 Å². The van der Waals surface area contributed by atoms with Gasteiger partial charge in [-0.1, -0.05) is 0 Å². The Morgan fingerprint density at radius 1 is 1.56 bits per heavy atom. The van der Waals surface area contributed by atoms with E-state index in [1.54, 1.807) is 12.4 Å². The molecule has 0 fully saturated rings. The summed E-state index contributed by atoms with van der Waals surface area (Å²) in [6.45, 7) is 0. The predicted molar refractivity (Wildman–Crippen MR) is 36.8 cm³/mol. The number of nitrogens with one attached hydrogen (secondary N) is 2. The molecule has 0 bridgehead atoms. The summed E-state index contributed by atoms with van der Waals surface area (Å²) in [4.78, 5) is 6.11. The third kappa shape index (κ3) is 1.87. The van der Waals surface area contributed by atoms with E-state index in [0.29, 0.717) is 0 Å². The summed E-state index contributed by atoms with van der Waals surface area (Å²) in [5.41, 5.74) is 3.50. The zero-order valence-electron chi connectivity index (χ0n) is 4.63. The number of hydrazine groups is 1. The highest BCUT2D eigenvalue weighted by Crippen LogP contribution is 1.99. The predicted octanol–water partition coefficient (Wildman–Crippen LogP) is 1.15. The molecular weight excluding hydrogens is 138 g/mol. The van der Waals surface area contributed by atoms with Gasteiger partial charge in [-0.05, 0) is 23.9 Å². The van der Waals surface area contributed by atoms with Gasteiger partial charge in [0.2, 0.25) is 0 Å². The summed E-state index contributed by atoms with van der Waals surface area (Å²) in [5, 5.41) is 0. The summed E-state index contributed by atoms with van der Waals surface area (Å²) in [6, 6.07) is 3.67. The highest BCUT2D eigenvalue weighted by atomic mass is 35.5. The number of aromatic nitrogens is 1. The molecule has 0 aliphatic heterocycles. The molecule has 0 aromatic carbocycles. The van der Waals surface area contributed by atoms with Crippen molar-refractivity contribution in [1.29, 1.82) is 0 Å².